The van der Waals surface area contributed by atoms with Crippen LogP contribution < -0.4 is 15.2 Å². The smallest absolute Gasteiger partial charge is 0.311 e. The van der Waals surface area contributed by atoms with E-state index in [9.17, 15) is 9.59 Å². The highest BCUT2D eigenvalue weighted by Gasteiger charge is 2.14. The second-order valence-electron chi connectivity index (χ2n) is 4.71. The van der Waals surface area contributed by atoms with Gasteiger partial charge in [0.25, 0.3) is 0 Å². The van der Waals surface area contributed by atoms with Gasteiger partial charge in [0.05, 0.1) is 11.4 Å². The Bertz CT molecular complexity index is 780. The zero-order chi connectivity index (χ0) is 17.7. The van der Waals surface area contributed by atoms with Crippen molar-refractivity contribution in [3.63, 3.8) is 0 Å². The standard InChI is InChI=1S/C16H12Cl3NO4/c17-9-1-3-12(11(19)7-9)23-13-4-2-10(18)8-14(13)24-16(22)6-5-15(20)21/h1-4,7-8H,5-6H2,(H2,20,21). The second-order valence-corrected chi connectivity index (χ2v) is 5.99. The van der Waals surface area contributed by atoms with Gasteiger partial charge in [0, 0.05) is 22.5 Å². The number of carbonyl (C=O) groups is 2. The lowest BCUT2D eigenvalue weighted by molar-refractivity contribution is -0.136. The number of ether oxygens (including phenoxy) is 2. The molecule has 0 aliphatic heterocycles. The van der Waals surface area contributed by atoms with Crippen molar-refractivity contribution in [2.24, 2.45) is 5.73 Å². The lowest BCUT2D eigenvalue weighted by Gasteiger charge is -2.12. The van der Waals surface area contributed by atoms with Crippen LogP contribution in [0.2, 0.25) is 15.1 Å². The minimum absolute atomic E-state index is 0.1000. The number of esters is 1. The Morgan fingerprint density at radius 3 is 2.12 bits per heavy atom. The molecule has 0 bridgehead atoms. The van der Waals surface area contributed by atoms with Gasteiger partial charge in [-0.3, -0.25) is 9.59 Å². The molecule has 8 heteroatoms. The molecule has 2 aromatic rings. The molecule has 2 aromatic carbocycles. The van der Waals surface area contributed by atoms with Gasteiger partial charge in [0.1, 0.15) is 5.75 Å². The summed E-state index contributed by atoms with van der Waals surface area (Å²) < 4.78 is 10.8. The van der Waals surface area contributed by atoms with Crippen molar-refractivity contribution in [2.75, 3.05) is 0 Å². The highest BCUT2D eigenvalue weighted by Crippen LogP contribution is 2.37. The van der Waals surface area contributed by atoms with Gasteiger partial charge in [-0.15, -0.1) is 0 Å². The van der Waals surface area contributed by atoms with Crippen LogP contribution in [0.25, 0.3) is 0 Å². The molecule has 0 fully saturated rings. The molecule has 0 atom stereocenters. The maximum Gasteiger partial charge on any atom is 0.311 e. The quantitative estimate of drug-likeness (QED) is 0.579. The second kappa shape index (κ2) is 8.24. The summed E-state index contributed by atoms with van der Waals surface area (Å²) in [5, 5.41) is 1.10. The molecule has 0 radical (unpaired) electrons. The van der Waals surface area contributed by atoms with E-state index in [0.717, 1.165) is 0 Å². The summed E-state index contributed by atoms with van der Waals surface area (Å²) in [6, 6.07) is 9.23. The Morgan fingerprint density at radius 1 is 0.875 bits per heavy atom. The van der Waals surface area contributed by atoms with E-state index in [0.29, 0.717) is 20.8 Å². The van der Waals surface area contributed by atoms with Crippen LogP contribution in [-0.4, -0.2) is 11.9 Å². The lowest BCUT2D eigenvalue weighted by atomic mass is 10.3. The normalized spacial score (nSPS) is 10.3. The van der Waals surface area contributed by atoms with Gasteiger partial charge in [-0.2, -0.15) is 0 Å². The van der Waals surface area contributed by atoms with Crippen LogP contribution in [0.5, 0.6) is 17.2 Å². The number of carbonyl (C=O) groups excluding carboxylic acids is 2. The number of hydrogen-bond donors (Lipinski definition) is 1. The Morgan fingerprint density at radius 2 is 1.50 bits per heavy atom. The van der Waals surface area contributed by atoms with Gasteiger partial charge in [-0.1, -0.05) is 34.8 Å². The van der Waals surface area contributed by atoms with Crippen LogP contribution in [-0.2, 0) is 9.59 Å². The average Bonchev–Trinajstić information content (AvgIpc) is 2.50. The number of halogens is 3. The summed E-state index contributed by atoms with van der Waals surface area (Å²) in [6.45, 7) is 0. The van der Waals surface area contributed by atoms with Gasteiger partial charge < -0.3 is 15.2 Å². The number of hydrogen-bond acceptors (Lipinski definition) is 4. The van der Waals surface area contributed by atoms with E-state index < -0.39 is 11.9 Å². The van der Waals surface area contributed by atoms with Crippen molar-refractivity contribution >= 4 is 46.7 Å². The Kier molecular flexibility index (Phi) is 6.31. The van der Waals surface area contributed by atoms with Crippen molar-refractivity contribution in [2.45, 2.75) is 12.8 Å². The number of rotatable bonds is 6. The largest absolute Gasteiger partial charge is 0.452 e. The zero-order valence-corrected chi connectivity index (χ0v) is 14.5. The Labute approximate surface area is 153 Å². The van der Waals surface area contributed by atoms with Gasteiger partial charge in [-0.05, 0) is 30.3 Å². The zero-order valence-electron chi connectivity index (χ0n) is 12.2. The first-order valence-corrected chi connectivity index (χ1v) is 7.90. The van der Waals surface area contributed by atoms with E-state index in [2.05, 4.69) is 0 Å². The molecule has 0 aromatic heterocycles. The Balaban J connectivity index is 2.20. The monoisotopic (exact) mass is 387 g/mol. The van der Waals surface area contributed by atoms with Crippen LogP contribution in [0, 0.1) is 0 Å². The first-order valence-electron chi connectivity index (χ1n) is 6.76. The van der Waals surface area contributed by atoms with Crippen LogP contribution in [0.1, 0.15) is 12.8 Å². The van der Waals surface area contributed by atoms with Gasteiger partial charge in [0.15, 0.2) is 11.5 Å². The summed E-state index contributed by atoms with van der Waals surface area (Å²) >= 11 is 17.8. The van der Waals surface area contributed by atoms with Gasteiger partial charge >= 0.3 is 5.97 Å². The van der Waals surface area contributed by atoms with Crippen LogP contribution in [0.4, 0.5) is 0 Å². The first kappa shape index (κ1) is 18.4. The molecule has 0 aliphatic carbocycles. The minimum atomic E-state index is -0.636. The first-order chi connectivity index (χ1) is 11.3. The number of primary amides is 1. The molecule has 2 rings (SSSR count). The fraction of sp³-hybridized carbons (Fsp3) is 0.125. The van der Waals surface area contributed by atoms with Crippen LogP contribution in [0.15, 0.2) is 36.4 Å². The van der Waals surface area contributed by atoms with Crippen LogP contribution >= 0.6 is 34.8 Å². The molecule has 0 saturated carbocycles. The molecule has 2 N–H and O–H groups in total. The van der Waals surface area contributed by atoms with E-state index in [4.69, 9.17) is 50.0 Å². The predicted octanol–water partition coefficient (Wildman–Crippen LogP) is 4.61. The molecule has 0 aliphatic rings. The van der Waals surface area contributed by atoms with E-state index in [1.807, 2.05) is 0 Å². The molecule has 1 amide bonds. The molecule has 5 nitrogen and oxygen atoms in total. The minimum Gasteiger partial charge on any atom is -0.452 e. The number of amides is 1. The van der Waals surface area contributed by atoms with Crippen LogP contribution in [0.3, 0.4) is 0 Å². The summed E-state index contributed by atoms with van der Waals surface area (Å²) in [5.74, 6) is -0.567. The summed E-state index contributed by atoms with van der Waals surface area (Å²) in [6.07, 6.45) is -0.262. The van der Waals surface area contributed by atoms with E-state index in [-0.39, 0.29) is 24.3 Å². The molecular formula is C16H12Cl3NO4. The molecule has 126 valence electrons. The third-order valence-electron chi connectivity index (χ3n) is 2.82. The summed E-state index contributed by atoms with van der Waals surface area (Å²) in [4.78, 5) is 22.5. The maximum atomic E-state index is 11.8. The van der Waals surface area contributed by atoms with Crippen molar-refractivity contribution in [3.8, 4) is 17.2 Å². The highest BCUT2D eigenvalue weighted by atomic mass is 35.5. The third kappa shape index (κ3) is 5.30. The number of nitrogens with two attached hydrogens (primary N) is 1. The predicted molar refractivity (Wildman–Crippen MR) is 92.1 cm³/mol. The van der Waals surface area contributed by atoms with Crippen molar-refractivity contribution in [1.82, 2.24) is 0 Å². The molecule has 24 heavy (non-hydrogen) atoms. The molecule has 0 unspecified atom stereocenters. The highest BCUT2D eigenvalue weighted by molar-refractivity contribution is 6.35. The SMILES string of the molecule is NC(=O)CCC(=O)Oc1cc(Cl)ccc1Oc1ccc(Cl)cc1Cl. The topological polar surface area (TPSA) is 78.6 Å². The van der Waals surface area contributed by atoms with Gasteiger partial charge in [0.2, 0.25) is 5.91 Å². The van der Waals surface area contributed by atoms with Crippen molar-refractivity contribution in [3.05, 3.63) is 51.5 Å². The lowest BCUT2D eigenvalue weighted by Crippen LogP contribution is -2.15. The van der Waals surface area contributed by atoms with E-state index >= 15 is 0 Å². The number of benzene rings is 2. The molecule has 0 saturated heterocycles. The summed E-state index contributed by atoms with van der Waals surface area (Å²) in [7, 11) is 0. The fourth-order valence-electron chi connectivity index (χ4n) is 1.72. The maximum absolute atomic E-state index is 11.8. The molecular weight excluding hydrogens is 377 g/mol. The van der Waals surface area contributed by atoms with Gasteiger partial charge in [-0.25, -0.2) is 0 Å². The molecule has 0 heterocycles. The van der Waals surface area contributed by atoms with Crippen molar-refractivity contribution < 1.29 is 19.1 Å². The average molecular weight is 389 g/mol. The third-order valence-corrected chi connectivity index (χ3v) is 3.58. The summed E-state index contributed by atoms with van der Waals surface area (Å²) in [5.41, 5.74) is 5.00. The van der Waals surface area contributed by atoms with Crippen molar-refractivity contribution in [1.29, 1.82) is 0 Å². The molecule has 0 spiro atoms. The van der Waals surface area contributed by atoms with E-state index in [1.54, 1.807) is 18.2 Å². The van der Waals surface area contributed by atoms with E-state index in [1.165, 1.54) is 18.2 Å². The fourth-order valence-corrected chi connectivity index (χ4v) is 2.33. The Hall–Kier alpha value is -1.95.